The molecule has 0 aromatic rings. The second-order valence-corrected chi connectivity index (χ2v) is 4.46. The van der Waals surface area contributed by atoms with E-state index in [0.29, 0.717) is 18.6 Å². The molecule has 15 heavy (non-hydrogen) atoms. The van der Waals surface area contributed by atoms with Crippen LogP contribution < -0.4 is 0 Å². The molecule has 0 aliphatic carbocycles. The summed E-state index contributed by atoms with van der Waals surface area (Å²) in [5.41, 5.74) is 0. The molecule has 1 N–H and O–H groups in total. The zero-order valence-corrected chi connectivity index (χ0v) is 9.94. The zero-order chi connectivity index (χ0) is 11.4. The molecule has 1 aliphatic rings. The summed E-state index contributed by atoms with van der Waals surface area (Å²) in [6, 6.07) is 0.843. The maximum absolute atomic E-state index is 11.2. The summed E-state index contributed by atoms with van der Waals surface area (Å²) in [6.07, 6.45) is 1.03. The Hall–Kier alpha value is -0.610. The summed E-state index contributed by atoms with van der Waals surface area (Å²) in [6.45, 7) is 8.44. The third kappa shape index (κ3) is 3.18. The maximum Gasteiger partial charge on any atom is 0.219 e. The van der Waals surface area contributed by atoms with E-state index in [1.807, 2.05) is 4.90 Å². The van der Waals surface area contributed by atoms with Crippen molar-refractivity contribution in [1.29, 1.82) is 0 Å². The van der Waals surface area contributed by atoms with Crippen LogP contribution in [-0.2, 0) is 4.79 Å². The third-order valence-electron chi connectivity index (χ3n) is 3.10. The average molecular weight is 214 g/mol. The van der Waals surface area contributed by atoms with Gasteiger partial charge in [0.15, 0.2) is 0 Å². The van der Waals surface area contributed by atoms with Crippen LogP contribution >= 0.6 is 0 Å². The van der Waals surface area contributed by atoms with E-state index >= 15 is 0 Å². The fourth-order valence-corrected chi connectivity index (χ4v) is 2.28. The molecule has 0 unspecified atom stereocenters. The van der Waals surface area contributed by atoms with E-state index in [9.17, 15) is 4.79 Å². The number of hydrogen-bond acceptors (Lipinski definition) is 3. The smallest absolute Gasteiger partial charge is 0.219 e. The first-order valence-corrected chi connectivity index (χ1v) is 5.68. The van der Waals surface area contributed by atoms with E-state index in [0.717, 1.165) is 19.5 Å². The minimum atomic E-state index is 0.158. The van der Waals surface area contributed by atoms with Crippen molar-refractivity contribution in [3.05, 3.63) is 0 Å². The van der Waals surface area contributed by atoms with Gasteiger partial charge in [0.1, 0.15) is 0 Å². The Morgan fingerprint density at radius 2 is 2.27 bits per heavy atom. The lowest BCUT2D eigenvalue weighted by molar-refractivity contribution is -0.128. The molecule has 1 aliphatic heterocycles. The van der Waals surface area contributed by atoms with E-state index < -0.39 is 0 Å². The number of rotatable bonds is 4. The van der Waals surface area contributed by atoms with Gasteiger partial charge in [0, 0.05) is 38.6 Å². The fourth-order valence-electron chi connectivity index (χ4n) is 2.28. The van der Waals surface area contributed by atoms with Crippen LogP contribution in [0.5, 0.6) is 0 Å². The number of aliphatic hydroxyl groups is 1. The predicted molar refractivity (Wildman–Crippen MR) is 59.6 cm³/mol. The topological polar surface area (TPSA) is 43.8 Å². The van der Waals surface area contributed by atoms with Crippen molar-refractivity contribution in [2.75, 3.05) is 26.2 Å². The Bertz CT molecular complexity index is 219. The molecule has 0 radical (unpaired) electrons. The summed E-state index contributed by atoms with van der Waals surface area (Å²) < 4.78 is 0. The standard InChI is InChI=1S/C11H22N2O2/c1-9(2)13(6-7-14)11-4-5-12(8-11)10(3)15/h9,11,14H,4-8H2,1-3H3/t11-/m0/s1. The number of carbonyl (C=O) groups excluding carboxylic acids is 1. The van der Waals surface area contributed by atoms with Crippen molar-refractivity contribution in [2.45, 2.75) is 39.3 Å². The molecular weight excluding hydrogens is 192 g/mol. The highest BCUT2D eigenvalue weighted by atomic mass is 16.3. The fraction of sp³-hybridized carbons (Fsp3) is 0.909. The molecule has 4 nitrogen and oxygen atoms in total. The largest absolute Gasteiger partial charge is 0.395 e. The SMILES string of the molecule is CC(=O)N1CC[C@H](N(CCO)C(C)C)C1. The Kier molecular flexibility index (Phi) is 4.54. The molecule has 0 aromatic heterocycles. The Morgan fingerprint density at radius 3 is 2.67 bits per heavy atom. The van der Waals surface area contributed by atoms with E-state index in [-0.39, 0.29) is 12.5 Å². The highest BCUT2D eigenvalue weighted by Gasteiger charge is 2.29. The number of aliphatic hydroxyl groups excluding tert-OH is 1. The Balaban J connectivity index is 2.52. The quantitative estimate of drug-likeness (QED) is 0.732. The Labute approximate surface area is 91.9 Å². The molecule has 0 bridgehead atoms. The summed E-state index contributed by atoms with van der Waals surface area (Å²) in [4.78, 5) is 15.4. The second kappa shape index (κ2) is 5.47. The first-order chi connectivity index (χ1) is 7.06. The Morgan fingerprint density at radius 1 is 1.60 bits per heavy atom. The van der Waals surface area contributed by atoms with Crippen LogP contribution in [0.3, 0.4) is 0 Å². The number of carbonyl (C=O) groups is 1. The van der Waals surface area contributed by atoms with Gasteiger partial charge >= 0.3 is 0 Å². The highest BCUT2D eigenvalue weighted by molar-refractivity contribution is 5.73. The highest BCUT2D eigenvalue weighted by Crippen LogP contribution is 2.17. The second-order valence-electron chi connectivity index (χ2n) is 4.46. The first kappa shape index (κ1) is 12.5. The molecule has 88 valence electrons. The van der Waals surface area contributed by atoms with Gasteiger partial charge in [-0.2, -0.15) is 0 Å². The van der Waals surface area contributed by atoms with Crippen molar-refractivity contribution >= 4 is 5.91 Å². The average Bonchev–Trinajstić information content (AvgIpc) is 2.62. The number of hydrogen-bond donors (Lipinski definition) is 1. The van der Waals surface area contributed by atoms with Gasteiger partial charge < -0.3 is 10.0 Å². The summed E-state index contributed by atoms with van der Waals surface area (Å²) in [5, 5.41) is 9.00. The normalized spacial score (nSPS) is 21.7. The molecular formula is C11H22N2O2. The van der Waals surface area contributed by atoms with Crippen molar-refractivity contribution < 1.29 is 9.90 Å². The summed E-state index contributed by atoms with van der Waals surface area (Å²) >= 11 is 0. The van der Waals surface area contributed by atoms with Crippen LogP contribution in [0.1, 0.15) is 27.2 Å². The molecule has 0 aromatic carbocycles. The molecule has 0 spiro atoms. The molecule has 1 atom stereocenters. The van der Waals surface area contributed by atoms with Crippen molar-refractivity contribution in [1.82, 2.24) is 9.80 Å². The van der Waals surface area contributed by atoms with Crippen LogP contribution in [-0.4, -0.2) is 59.1 Å². The van der Waals surface area contributed by atoms with Crippen molar-refractivity contribution in [3.8, 4) is 0 Å². The van der Waals surface area contributed by atoms with Crippen LogP contribution in [0.2, 0.25) is 0 Å². The number of nitrogens with zero attached hydrogens (tertiary/aromatic N) is 2. The molecule has 4 heteroatoms. The molecule has 1 saturated heterocycles. The van der Waals surface area contributed by atoms with Gasteiger partial charge in [-0.15, -0.1) is 0 Å². The van der Waals surface area contributed by atoms with Crippen LogP contribution in [0.25, 0.3) is 0 Å². The zero-order valence-electron chi connectivity index (χ0n) is 9.94. The van der Waals surface area contributed by atoms with Gasteiger partial charge in [0.05, 0.1) is 6.61 Å². The lowest BCUT2D eigenvalue weighted by Crippen LogP contribution is -2.44. The number of likely N-dealkylation sites (tertiary alicyclic amines) is 1. The minimum Gasteiger partial charge on any atom is -0.395 e. The lowest BCUT2D eigenvalue weighted by atomic mass is 10.2. The van der Waals surface area contributed by atoms with Gasteiger partial charge in [-0.05, 0) is 20.3 Å². The van der Waals surface area contributed by atoms with Crippen LogP contribution in [0.15, 0.2) is 0 Å². The third-order valence-corrected chi connectivity index (χ3v) is 3.10. The molecule has 1 heterocycles. The van der Waals surface area contributed by atoms with Gasteiger partial charge in [0.2, 0.25) is 5.91 Å². The van der Waals surface area contributed by atoms with E-state index in [1.54, 1.807) is 6.92 Å². The van der Waals surface area contributed by atoms with Gasteiger partial charge in [0.25, 0.3) is 0 Å². The summed E-state index contributed by atoms with van der Waals surface area (Å²) in [7, 11) is 0. The van der Waals surface area contributed by atoms with Crippen molar-refractivity contribution in [3.63, 3.8) is 0 Å². The van der Waals surface area contributed by atoms with Gasteiger partial charge in [-0.3, -0.25) is 9.69 Å². The van der Waals surface area contributed by atoms with Gasteiger partial charge in [-0.1, -0.05) is 0 Å². The monoisotopic (exact) mass is 214 g/mol. The minimum absolute atomic E-state index is 0.158. The lowest BCUT2D eigenvalue weighted by Gasteiger charge is -2.31. The summed E-state index contributed by atoms with van der Waals surface area (Å²) in [5.74, 6) is 0.158. The van der Waals surface area contributed by atoms with E-state index in [2.05, 4.69) is 18.7 Å². The molecule has 1 amide bonds. The predicted octanol–water partition coefficient (Wildman–Crippen LogP) is 0.310. The number of amides is 1. The molecule has 1 rings (SSSR count). The van der Waals surface area contributed by atoms with E-state index in [4.69, 9.17) is 5.11 Å². The van der Waals surface area contributed by atoms with Crippen molar-refractivity contribution in [2.24, 2.45) is 0 Å². The van der Waals surface area contributed by atoms with Crippen LogP contribution in [0, 0.1) is 0 Å². The maximum atomic E-state index is 11.2. The van der Waals surface area contributed by atoms with E-state index in [1.165, 1.54) is 0 Å². The van der Waals surface area contributed by atoms with Gasteiger partial charge in [-0.25, -0.2) is 0 Å². The molecule has 0 saturated carbocycles. The van der Waals surface area contributed by atoms with Crippen LogP contribution in [0.4, 0.5) is 0 Å². The molecule has 1 fully saturated rings. The first-order valence-electron chi connectivity index (χ1n) is 5.68.